The Morgan fingerprint density at radius 2 is 1.85 bits per heavy atom. The Morgan fingerprint density at radius 3 is 2.65 bits per heavy atom. The van der Waals surface area contributed by atoms with Gasteiger partial charge in [-0.05, 0) is 24.3 Å². The summed E-state index contributed by atoms with van der Waals surface area (Å²) < 4.78 is 13.5. The molecule has 3 N–H and O–H groups in total. The Kier molecular flexibility index (Phi) is 2.83. The topological polar surface area (TPSA) is 77.8 Å². The molecule has 5 nitrogen and oxygen atoms in total. The van der Waals surface area contributed by atoms with Gasteiger partial charge in [-0.1, -0.05) is 18.2 Å². The quantitative estimate of drug-likeness (QED) is 0.668. The molecule has 0 radical (unpaired) electrons. The van der Waals surface area contributed by atoms with Crippen molar-refractivity contribution in [1.82, 2.24) is 9.97 Å². The number of H-pyrrole nitrogens is 2. The number of aromatic amines is 2. The van der Waals surface area contributed by atoms with Gasteiger partial charge in [-0.15, -0.1) is 0 Å². The Balaban J connectivity index is 2.01. The number of hydrogen-bond donors (Lipinski definition) is 3. The molecule has 0 aliphatic rings. The minimum Gasteiger partial charge on any atom is -0.319 e. The van der Waals surface area contributed by atoms with Crippen molar-refractivity contribution in [2.24, 2.45) is 0 Å². The van der Waals surface area contributed by atoms with Gasteiger partial charge in [0.1, 0.15) is 5.82 Å². The summed E-state index contributed by atoms with van der Waals surface area (Å²) in [6.45, 7) is 0. The first-order valence-electron chi connectivity index (χ1n) is 5.92. The number of halogens is 1. The molecule has 6 heteroatoms. The van der Waals surface area contributed by atoms with Crippen LogP contribution in [0.25, 0.3) is 11.0 Å². The molecule has 0 unspecified atom stereocenters. The molecule has 0 bridgehead atoms. The van der Waals surface area contributed by atoms with Crippen LogP contribution in [-0.2, 0) is 0 Å². The lowest BCUT2D eigenvalue weighted by Gasteiger charge is -2.06. The zero-order chi connectivity index (χ0) is 14.1. The van der Waals surface area contributed by atoms with Crippen molar-refractivity contribution in [2.45, 2.75) is 0 Å². The zero-order valence-electron chi connectivity index (χ0n) is 10.2. The van der Waals surface area contributed by atoms with Gasteiger partial charge in [-0.25, -0.2) is 9.18 Å². The van der Waals surface area contributed by atoms with E-state index in [4.69, 9.17) is 0 Å². The summed E-state index contributed by atoms with van der Waals surface area (Å²) in [4.78, 5) is 28.6. The number of carbonyl (C=O) groups is 1. The minimum absolute atomic E-state index is 0.0902. The first-order valence-corrected chi connectivity index (χ1v) is 5.92. The van der Waals surface area contributed by atoms with Crippen molar-refractivity contribution >= 4 is 22.6 Å². The molecular weight excluding hydrogens is 261 g/mol. The van der Waals surface area contributed by atoms with Crippen LogP contribution in [0.2, 0.25) is 0 Å². The molecule has 3 rings (SSSR count). The van der Waals surface area contributed by atoms with Crippen LogP contribution in [0.4, 0.5) is 10.1 Å². The van der Waals surface area contributed by atoms with E-state index >= 15 is 0 Å². The normalized spacial score (nSPS) is 10.7. The van der Waals surface area contributed by atoms with Crippen molar-refractivity contribution in [2.75, 3.05) is 5.32 Å². The molecule has 0 aliphatic carbocycles. The number of hydrogen-bond acceptors (Lipinski definition) is 2. The van der Waals surface area contributed by atoms with E-state index in [9.17, 15) is 14.0 Å². The van der Waals surface area contributed by atoms with Gasteiger partial charge in [0.25, 0.3) is 5.91 Å². The number of fused-ring (bicyclic) bond motifs is 1. The number of benzene rings is 2. The molecule has 1 aromatic heterocycles. The second-order valence-electron chi connectivity index (χ2n) is 4.24. The average molecular weight is 271 g/mol. The molecule has 0 saturated carbocycles. The molecule has 1 heterocycles. The highest BCUT2D eigenvalue weighted by molar-refractivity contribution is 6.11. The van der Waals surface area contributed by atoms with E-state index in [1.807, 2.05) is 0 Å². The first-order chi connectivity index (χ1) is 9.65. The summed E-state index contributed by atoms with van der Waals surface area (Å²) in [5.74, 6) is -1.01. The van der Waals surface area contributed by atoms with Crippen LogP contribution < -0.4 is 11.0 Å². The lowest BCUT2D eigenvalue weighted by molar-refractivity contribution is 0.102. The maximum Gasteiger partial charge on any atom is 0.323 e. The van der Waals surface area contributed by atoms with E-state index in [0.717, 1.165) is 0 Å². The van der Waals surface area contributed by atoms with E-state index in [1.54, 1.807) is 24.3 Å². The van der Waals surface area contributed by atoms with E-state index in [-0.39, 0.29) is 11.3 Å². The zero-order valence-corrected chi connectivity index (χ0v) is 10.2. The summed E-state index contributed by atoms with van der Waals surface area (Å²) in [6, 6.07) is 10.8. The Bertz CT molecular complexity index is 851. The molecule has 0 aliphatic heterocycles. The average Bonchev–Trinajstić information content (AvgIpc) is 2.81. The van der Waals surface area contributed by atoms with Gasteiger partial charge in [0.05, 0.1) is 22.3 Å². The highest BCUT2D eigenvalue weighted by Gasteiger charge is 2.13. The third-order valence-corrected chi connectivity index (χ3v) is 2.92. The molecule has 20 heavy (non-hydrogen) atoms. The number of anilines is 1. The monoisotopic (exact) mass is 271 g/mol. The number of amides is 1. The van der Waals surface area contributed by atoms with Crippen LogP contribution in [0, 0.1) is 5.82 Å². The lowest BCUT2D eigenvalue weighted by atomic mass is 10.1. The Hall–Kier alpha value is -2.89. The molecule has 100 valence electrons. The summed E-state index contributed by atoms with van der Waals surface area (Å²) in [6.07, 6.45) is 0. The molecule has 1 amide bonds. The van der Waals surface area contributed by atoms with Gasteiger partial charge in [-0.2, -0.15) is 0 Å². The number of carbonyl (C=O) groups excluding carboxylic acids is 1. The van der Waals surface area contributed by atoms with Crippen molar-refractivity contribution in [3.8, 4) is 0 Å². The summed E-state index contributed by atoms with van der Waals surface area (Å²) >= 11 is 0. The highest BCUT2D eigenvalue weighted by Crippen LogP contribution is 2.17. The molecule has 2 aromatic carbocycles. The smallest absolute Gasteiger partial charge is 0.319 e. The predicted molar refractivity (Wildman–Crippen MR) is 73.3 cm³/mol. The Morgan fingerprint density at radius 1 is 1.05 bits per heavy atom. The fraction of sp³-hybridized carbons (Fsp3) is 0. The summed E-state index contributed by atoms with van der Waals surface area (Å²) in [7, 11) is 0. The second-order valence-corrected chi connectivity index (χ2v) is 4.24. The minimum atomic E-state index is -0.518. The van der Waals surface area contributed by atoms with Crippen molar-refractivity contribution < 1.29 is 9.18 Å². The van der Waals surface area contributed by atoms with Gasteiger partial charge in [0.15, 0.2) is 0 Å². The standard InChI is InChI=1S/C14H10FN3O2/c15-9-5-1-2-6-10(9)16-13(19)8-4-3-7-11-12(8)18-14(20)17-11/h1-7H,(H,16,19)(H2,17,18,20). The predicted octanol–water partition coefficient (Wildman–Crippen LogP) is 2.25. The molecule has 0 saturated heterocycles. The molecular formula is C14H10FN3O2. The van der Waals surface area contributed by atoms with E-state index < -0.39 is 17.4 Å². The largest absolute Gasteiger partial charge is 0.323 e. The van der Waals surface area contributed by atoms with Crippen molar-refractivity contribution in [1.29, 1.82) is 0 Å². The van der Waals surface area contributed by atoms with Gasteiger partial charge >= 0.3 is 5.69 Å². The third-order valence-electron chi connectivity index (χ3n) is 2.92. The molecule has 0 atom stereocenters. The van der Waals surface area contributed by atoms with Gasteiger partial charge < -0.3 is 15.3 Å². The lowest BCUT2D eigenvalue weighted by Crippen LogP contribution is -2.13. The van der Waals surface area contributed by atoms with Crippen LogP contribution >= 0.6 is 0 Å². The summed E-state index contributed by atoms with van der Waals surface area (Å²) in [5, 5.41) is 2.48. The van der Waals surface area contributed by atoms with E-state index in [0.29, 0.717) is 11.0 Å². The number of nitrogens with one attached hydrogen (secondary N) is 3. The van der Waals surface area contributed by atoms with Crippen molar-refractivity contribution in [3.05, 3.63) is 64.3 Å². The van der Waals surface area contributed by atoms with Crippen LogP contribution in [0.15, 0.2) is 47.3 Å². The van der Waals surface area contributed by atoms with Crippen LogP contribution in [-0.4, -0.2) is 15.9 Å². The van der Waals surface area contributed by atoms with Crippen LogP contribution in [0.3, 0.4) is 0 Å². The maximum absolute atomic E-state index is 13.5. The number of aromatic nitrogens is 2. The molecule has 3 aromatic rings. The second kappa shape index (κ2) is 4.65. The fourth-order valence-corrected chi connectivity index (χ4v) is 2.00. The highest BCUT2D eigenvalue weighted by atomic mass is 19.1. The first kappa shape index (κ1) is 12.2. The van der Waals surface area contributed by atoms with Crippen LogP contribution in [0.5, 0.6) is 0 Å². The molecule has 0 fully saturated rings. The molecule has 0 spiro atoms. The Labute approximate surface area is 112 Å². The van der Waals surface area contributed by atoms with E-state index in [2.05, 4.69) is 15.3 Å². The van der Waals surface area contributed by atoms with E-state index in [1.165, 1.54) is 18.2 Å². The van der Waals surface area contributed by atoms with Gasteiger partial charge in [-0.3, -0.25) is 4.79 Å². The maximum atomic E-state index is 13.5. The number of para-hydroxylation sites is 2. The number of rotatable bonds is 2. The van der Waals surface area contributed by atoms with Gasteiger partial charge in [0.2, 0.25) is 0 Å². The summed E-state index contributed by atoms with van der Waals surface area (Å²) in [5.41, 5.74) is 0.880. The fourth-order valence-electron chi connectivity index (χ4n) is 2.00. The van der Waals surface area contributed by atoms with Crippen molar-refractivity contribution in [3.63, 3.8) is 0 Å². The SMILES string of the molecule is O=C(Nc1ccccc1F)c1cccc2[nH]c(=O)[nH]c12. The third kappa shape index (κ3) is 2.07. The van der Waals surface area contributed by atoms with Gasteiger partial charge in [0, 0.05) is 0 Å². The van der Waals surface area contributed by atoms with Crippen LogP contribution in [0.1, 0.15) is 10.4 Å². The number of imidazole rings is 1.